The van der Waals surface area contributed by atoms with Crippen LogP contribution in [0.4, 0.5) is 10.2 Å². The van der Waals surface area contributed by atoms with E-state index in [0.717, 1.165) is 37.8 Å². The molecule has 8 nitrogen and oxygen atoms in total. The Hall–Kier alpha value is -3.33. The van der Waals surface area contributed by atoms with E-state index in [9.17, 15) is 9.50 Å². The van der Waals surface area contributed by atoms with Crippen LogP contribution in [0, 0.1) is 11.7 Å². The van der Waals surface area contributed by atoms with Gasteiger partial charge in [0.05, 0.1) is 19.0 Å². The second kappa shape index (κ2) is 8.55. The first-order chi connectivity index (χ1) is 15.9. The molecular formula is C24H27FN6O2. The molecule has 3 heterocycles. The lowest BCUT2D eigenvalue weighted by molar-refractivity contribution is 0.383. The Bertz CT molecular complexity index is 1150. The zero-order valence-corrected chi connectivity index (χ0v) is 18.8. The van der Waals surface area contributed by atoms with E-state index >= 15 is 0 Å². The van der Waals surface area contributed by atoms with E-state index in [2.05, 4.69) is 37.5 Å². The molecule has 172 valence electrons. The largest absolute Gasteiger partial charge is 0.507 e. The van der Waals surface area contributed by atoms with Crippen LogP contribution < -0.4 is 15.0 Å². The average molecular weight is 451 g/mol. The van der Waals surface area contributed by atoms with Gasteiger partial charge in [-0.15, -0.1) is 15.3 Å². The Morgan fingerprint density at radius 1 is 1.18 bits per heavy atom. The summed E-state index contributed by atoms with van der Waals surface area (Å²) in [5.74, 6) is 1.27. The van der Waals surface area contributed by atoms with Crippen LogP contribution in [-0.2, 0) is 0 Å². The van der Waals surface area contributed by atoms with Gasteiger partial charge in [0.1, 0.15) is 11.6 Å². The molecule has 1 atom stereocenters. The number of hydrogen-bond donors (Lipinski definition) is 2. The van der Waals surface area contributed by atoms with Crippen molar-refractivity contribution in [1.29, 1.82) is 0 Å². The monoisotopic (exact) mass is 450 g/mol. The summed E-state index contributed by atoms with van der Waals surface area (Å²) in [7, 11) is 1.46. The van der Waals surface area contributed by atoms with Gasteiger partial charge >= 0.3 is 0 Å². The molecule has 9 heteroatoms. The van der Waals surface area contributed by atoms with Crippen molar-refractivity contribution in [3.8, 4) is 34.0 Å². The molecule has 0 bridgehead atoms. The maximum Gasteiger partial charge on any atom is 0.233 e. The fourth-order valence-corrected chi connectivity index (χ4v) is 4.23. The van der Waals surface area contributed by atoms with Crippen LogP contribution >= 0.6 is 0 Å². The predicted octanol–water partition coefficient (Wildman–Crippen LogP) is 3.42. The normalized spacial score (nSPS) is 20.3. The lowest BCUT2D eigenvalue weighted by atomic mass is 10.0. The first-order valence-electron chi connectivity index (χ1n) is 11.2. The van der Waals surface area contributed by atoms with Gasteiger partial charge < -0.3 is 20.1 Å². The van der Waals surface area contributed by atoms with E-state index in [4.69, 9.17) is 4.74 Å². The third-order valence-corrected chi connectivity index (χ3v) is 6.48. The molecule has 33 heavy (non-hydrogen) atoms. The molecule has 1 aliphatic carbocycles. The fraction of sp³-hybridized carbons (Fsp3) is 0.417. The summed E-state index contributed by atoms with van der Waals surface area (Å²) >= 11 is 0. The second-order valence-corrected chi connectivity index (χ2v) is 9.17. The van der Waals surface area contributed by atoms with Crippen LogP contribution in [0.2, 0.25) is 0 Å². The predicted molar refractivity (Wildman–Crippen MR) is 123 cm³/mol. The Kier molecular flexibility index (Phi) is 5.57. The maximum absolute atomic E-state index is 14.9. The molecule has 1 aliphatic heterocycles. The van der Waals surface area contributed by atoms with Gasteiger partial charge in [-0.2, -0.15) is 5.10 Å². The molecule has 2 aliphatic rings. The first-order valence-corrected chi connectivity index (χ1v) is 11.2. The molecule has 1 saturated carbocycles. The molecule has 2 N–H and O–H groups in total. The van der Waals surface area contributed by atoms with Crippen LogP contribution in [0.25, 0.3) is 22.4 Å². The summed E-state index contributed by atoms with van der Waals surface area (Å²) in [6.45, 7) is 5.11. The summed E-state index contributed by atoms with van der Waals surface area (Å²) in [5, 5.41) is 30.5. The third-order valence-electron chi connectivity index (χ3n) is 6.48. The number of methoxy groups -OCH3 is 1. The summed E-state index contributed by atoms with van der Waals surface area (Å²) in [4.78, 5) is 2.21. The molecule has 5 rings (SSSR count). The Morgan fingerprint density at radius 2 is 2.03 bits per heavy atom. The van der Waals surface area contributed by atoms with E-state index in [1.165, 1.54) is 38.3 Å². The van der Waals surface area contributed by atoms with Gasteiger partial charge in [-0.25, -0.2) is 4.39 Å². The fourth-order valence-electron chi connectivity index (χ4n) is 4.23. The molecule has 2 aromatic heterocycles. The molecule has 1 aromatic carbocycles. The van der Waals surface area contributed by atoms with Crippen molar-refractivity contribution in [2.24, 2.45) is 5.92 Å². The molecular weight excluding hydrogens is 423 g/mol. The molecule has 0 amide bonds. The van der Waals surface area contributed by atoms with E-state index < -0.39 is 5.82 Å². The van der Waals surface area contributed by atoms with E-state index in [-0.39, 0.29) is 28.3 Å². The number of phenols is 1. The van der Waals surface area contributed by atoms with Crippen LogP contribution in [0.5, 0.6) is 11.6 Å². The number of halogens is 1. The Labute approximate surface area is 191 Å². The minimum absolute atomic E-state index is 0.0741. The second-order valence-electron chi connectivity index (χ2n) is 9.17. The van der Waals surface area contributed by atoms with Crippen molar-refractivity contribution < 1.29 is 14.2 Å². The van der Waals surface area contributed by atoms with Crippen LogP contribution in [0.1, 0.15) is 26.2 Å². The quantitative estimate of drug-likeness (QED) is 0.565. The van der Waals surface area contributed by atoms with E-state index in [0.29, 0.717) is 11.3 Å². The van der Waals surface area contributed by atoms with Crippen molar-refractivity contribution in [3.05, 3.63) is 42.3 Å². The SMILES string of the molecule is COc1cc(-c2cc(O)c(-c3ccc(N4CC[C@](C)(NCC5CC5)C4)nn3)cc2F)cnn1. The van der Waals surface area contributed by atoms with E-state index in [1.54, 1.807) is 12.1 Å². The molecule has 0 radical (unpaired) electrons. The van der Waals surface area contributed by atoms with Gasteiger partial charge in [0.25, 0.3) is 0 Å². The minimum Gasteiger partial charge on any atom is -0.507 e. The van der Waals surface area contributed by atoms with Gasteiger partial charge in [-0.3, -0.25) is 0 Å². The number of nitrogens with zero attached hydrogens (tertiary/aromatic N) is 5. The molecule has 3 aromatic rings. The molecule has 1 saturated heterocycles. The molecule has 2 fully saturated rings. The van der Waals surface area contributed by atoms with Gasteiger partial charge in [0.2, 0.25) is 5.88 Å². The van der Waals surface area contributed by atoms with Crippen molar-refractivity contribution in [2.45, 2.75) is 31.7 Å². The van der Waals surface area contributed by atoms with Gasteiger partial charge in [-0.1, -0.05) is 0 Å². The van der Waals surface area contributed by atoms with Crippen LogP contribution in [0.3, 0.4) is 0 Å². The van der Waals surface area contributed by atoms with Gasteiger partial charge in [0.15, 0.2) is 5.82 Å². The van der Waals surface area contributed by atoms with Gasteiger partial charge in [0, 0.05) is 41.4 Å². The highest BCUT2D eigenvalue weighted by Gasteiger charge is 2.35. The highest BCUT2D eigenvalue weighted by Crippen LogP contribution is 2.36. The van der Waals surface area contributed by atoms with Crippen molar-refractivity contribution in [1.82, 2.24) is 25.7 Å². The van der Waals surface area contributed by atoms with Crippen molar-refractivity contribution >= 4 is 5.82 Å². The Morgan fingerprint density at radius 3 is 2.76 bits per heavy atom. The summed E-state index contributed by atoms with van der Waals surface area (Å²) in [6.07, 6.45) is 5.13. The lowest BCUT2D eigenvalue weighted by Gasteiger charge is -2.26. The van der Waals surface area contributed by atoms with Crippen molar-refractivity contribution in [2.75, 3.05) is 31.6 Å². The highest BCUT2D eigenvalue weighted by molar-refractivity contribution is 5.75. The highest BCUT2D eigenvalue weighted by atomic mass is 19.1. The number of nitrogens with one attached hydrogen (secondary N) is 1. The summed E-state index contributed by atoms with van der Waals surface area (Å²) in [5.41, 5.74) is 1.41. The standard InChI is InChI=1S/C24H27FN6O2/c1-24(26-12-15-3-4-15)7-8-31(14-24)22-6-5-20(28-29-22)18-10-19(25)17(11-21(18)32)16-9-23(33-2)30-27-13-16/h5-6,9-11,13,15,26,32H,3-4,7-8,12,14H2,1-2H3/t24-/m0/s1. The smallest absolute Gasteiger partial charge is 0.233 e. The summed E-state index contributed by atoms with van der Waals surface area (Å²) < 4.78 is 20.0. The van der Waals surface area contributed by atoms with Crippen LogP contribution in [-0.4, -0.2) is 57.8 Å². The average Bonchev–Trinajstić information content (AvgIpc) is 3.59. The van der Waals surface area contributed by atoms with Crippen LogP contribution in [0.15, 0.2) is 36.5 Å². The topological polar surface area (TPSA) is 96.3 Å². The first kappa shape index (κ1) is 21.5. The number of aromatic nitrogens is 4. The van der Waals surface area contributed by atoms with E-state index in [1.807, 2.05) is 6.07 Å². The maximum atomic E-state index is 14.9. The number of hydrogen-bond acceptors (Lipinski definition) is 8. The molecule has 0 unspecified atom stereocenters. The number of rotatable bonds is 7. The van der Waals surface area contributed by atoms with Crippen molar-refractivity contribution in [3.63, 3.8) is 0 Å². The lowest BCUT2D eigenvalue weighted by Crippen LogP contribution is -2.45. The minimum atomic E-state index is -0.513. The third kappa shape index (κ3) is 4.59. The number of phenolic OH excluding ortho intramolecular Hbond substituents is 1. The Balaban J connectivity index is 1.33. The zero-order chi connectivity index (χ0) is 23.0. The summed E-state index contributed by atoms with van der Waals surface area (Å²) in [6, 6.07) is 7.81. The molecule has 0 spiro atoms. The zero-order valence-electron chi connectivity index (χ0n) is 18.8. The number of ether oxygens (including phenoxy) is 1. The number of anilines is 1. The number of aromatic hydroxyl groups is 1. The van der Waals surface area contributed by atoms with Gasteiger partial charge in [-0.05, 0) is 62.9 Å². The number of benzene rings is 1.